The maximum Gasteiger partial charge on any atom is 0.0468 e. The highest BCUT2D eigenvalue weighted by atomic mass is 15.1. The third-order valence-corrected chi connectivity index (χ3v) is 13.0. The van der Waals surface area contributed by atoms with Crippen LogP contribution in [0.2, 0.25) is 0 Å². The number of para-hydroxylation sites is 1. The Balaban J connectivity index is 1.00. The van der Waals surface area contributed by atoms with E-state index in [2.05, 4.69) is 157 Å². The summed E-state index contributed by atoms with van der Waals surface area (Å²) in [6, 6.07) is 57.0. The molecule has 0 heterocycles. The molecule has 4 bridgehead atoms. The van der Waals surface area contributed by atoms with Gasteiger partial charge in [0, 0.05) is 22.5 Å². The molecule has 0 atom stereocenters. The summed E-state index contributed by atoms with van der Waals surface area (Å²) in [5, 5.41) is 5.13. The van der Waals surface area contributed by atoms with Gasteiger partial charge in [-0.05, 0) is 153 Å². The zero-order valence-corrected chi connectivity index (χ0v) is 27.7. The van der Waals surface area contributed by atoms with Crippen molar-refractivity contribution in [3.05, 3.63) is 163 Å². The Morgan fingerprint density at radius 2 is 1.02 bits per heavy atom. The predicted octanol–water partition coefficient (Wildman–Crippen LogP) is 12.9. The topological polar surface area (TPSA) is 3.24 Å². The molecule has 49 heavy (non-hydrogen) atoms. The van der Waals surface area contributed by atoms with E-state index >= 15 is 0 Å². The highest BCUT2D eigenvalue weighted by Gasteiger charge is 2.61. The van der Waals surface area contributed by atoms with Crippen LogP contribution >= 0.6 is 0 Å². The first-order valence-corrected chi connectivity index (χ1v) is 18.4. The van der Waals surface area contributed by atoms with Crippen molar-refractivity contribution in [3.8, 4) is 22.3 Å². The molecular weight excluding hydrogens is 591 g/mol. The fraction of sp³-hybridized carbons (Fsp3) is 0.208. The molecule has 5 aliphatic carbocycles. The van der Waals surface area contributed by atoms with Gasteiger partial charge in [0.15, 0.2) is 0 Å². The minimum absolute atomic E-state index is 0.195. The monoisotopic (exact) mass is 629 g/mol. The highest BCUT2D eigenvalue weighted by Crippen LogP contribution is 2.69. The number of benzene rings is 7. The maximum atomic E-state index is 2.61. The average molecular weight is 630 g/mol. The van der Waals surface area contributed by atoms with Crippen molar-refractivity contribution < 1.29 is 0 Å². The van der Waals surface area contributed by atoms with Crippen LogP contribution < -0.4 is 4.90 Å². The number of rotatable bonds is 4. The molecule has 236 valence electrons. The van der Waals surface area contributed by atoms with Crippen LogP contribution in [0.1, 0.15) is 43.2 Å². The van der Waals surface area contributed by atoms with Gasteiger partial charge in [-0.2, -0.15) is 0 Å². The van der Waals surface area contributed by atoms with Gasteiger partial charge in [-0.1, -0.05) is 109 Å². The summed E-state index contributed by atoms with van der Waals surface area (Å²) in [7, 11) is 0. The smallest absolute Gasteiger partial charge is 0.0468 e. The van der Waals surface area contributed by atoms with Gasteiger partial charge in [0.05, 0.1) is 0 Å². The Bertz CT molecular complexity index is 2370. The van der Waals surface area contributed by atoms with E-state index in [9.17, 15) is 0 Å². The van der Waals surface area contributed by atoms with Gasteiger partial charge < -0.3 is 4.90 Å². The van der Waals surface area contributed by atoms with Crippen LogP contribution in [0.25, 0.3) is 43.8 Å². The van der Waals surface area contributed by atoms with E-state index < -0.39 is 0 Å². The van der Waals surface area contributed by atoms with Crippen molar-refractivity contribution in [2.24, 2.45) is 23.7 Å². The van der Waals surface area contributed by atoms with Crippen LogP contribution in [-0.4, -0.2) is 0 Å². The predicted molar refractivity (Wildman–Crippen MR) is 205 cm³/mol. The summed E-state index contributed by atoms with van der Waals surface area (Å²) in [6.07, 6.45) is 7.15. The Kier molecular flexibility index (Phi) is 5.91. The van der Waals surface area contributed by atoms with Crippen LogP contribution in [0.3, 0.4) is 0 Å². The van der Waals surface area contributed by atoms with Crippen molar-refractivity contribution >= 4 is 38.6 Å². The minimum Gasteiger partial charge on any atom is -0.310 e. The Hall–Kier alpha value is -5.14. The van der Waals surface area contributed by atoms with E-state index in [0.717, 1.165) is 29.4 Å². The minimum atomic E-state index is 0.195. The lowest BCUT2D eigenvalue weighted by molar-refractivity contribution is -0.0399. The zero-order valence-electron chi connectivity index (χ0n) is 27.7. The summed E-state index contributed by atoms with van der Waals surface area (Å²) in [4.78, 5) is 2.39. The second-order valence-electron chi connectivity index (χ2n) is 15.4. The number of anilines is 3. The van der Waals surface area contributed by atoms with Crippen LogP contribution in [-0.2, 0) is 5.41 Å². The van der Waals surface area contributed by atoms with E-state index in [4.69, 9.17) is 0 Å². The lowest BCUT2D eigenvalue weighted by Gasteiger charge is -2.61. The van der Waals surface area contributed by atoms with Gasteiger partial charge in [-0.3, -0.25) is 0 Å². The molecule has 1 spiro atoms. The molecule has 7 aromatic carbocycles. The van der Waals surface area contributed by atoms with Crippen molar-refractivity contribution in [3.63, 3.8) is 0 Å². The molecule has 0 aliphatic heterocycles. The van der Waals surface area contributed by atoms with Gasteiger partial charge in [-0.15, -0.1) is 0 Å². The molecule has 4 saturated carbocycles. The van der Waals surface area contributed by atoms with Crippen molar-refractivity contribution in [2.45, 2.75) is 37.5 Å². The summed E-state index contributed by atoms with van der Waals surface area (Å²) >= 11 is 0. The number of hydrogen-bond donors (Lipinski definition) is 0. The van der Waals surface area contributed by atoms with Gasteiger partial charge >= 0.3 is 0 Å². The summed E-state index contributed by atoms with van der Waals surface area (Å²) in [5.74, 6) is 3.47. The quantitative estimate of drug-likeness (QED) is 0.175. The van der Waals surface area contributed by atoms with E-state index in [-0.39, 0.29) is 5.41 Å². The fourth-order valence-corrected chi connectivity index (χ4v) is 11.3. The van der Waals surface area contributed by atoms with Gasteiger partial charge in [0.25, 0.3) is 0 Å². The Morgan fingerprint density at radius 3 is 1.84 bits per heavy atom. The Labute approximate surface area is 288 Å². The molecule has 0 amide bonds. The maximum absolute atomic E-state index is 2.61. The molecule has 12 rings (SSSR count). The first-order valence-electron chi connectivity index (χ1n) is 18.4. The lowest BCUT2D eigenvalue weighted by Crippen LogP contribution is -2.55. The van der Waals surface area contributed by atoms with Crippen LogP contribution in [0.4, 0.5) is 17.1 Å². The molecule has 0 N–H and O–H groups in total. The van der Waals surface area contributed by atoms with Gasteiger partial charge in [0.1, 0.15) is 0 Å². The number of hydrogen-bond acceptors (Lipinski definition) is 1. The third kappa shape index (κ3) is 3.99. The van der Waals surface area contributed by atoms with Crippen LogP contribution in [0, 0.1) is 23.7 Å². The number of fused-ring (bicyclic) bond motifs is 6. The second kappa shape index (κ2) is 10.4. The molecule has 5 aliphatic rings. The van der Waals surface area contributed by atoms with Crippen molar-refractivity contribution in [1.29, 1.82) is 0 Å². The molecule has 4 fully saturated rings. The summed E-state index contributed by atoms with van der Waals surface area (Å²) < 4.78 is 0. The van der Waals surface area contributed by atoms with Gasteiger partial charge in [0.2, 0.25) is 0 Å². The molecule has 0 saturated heterocycles. The molecular formula is C48H39N. The molecule has 1 nitrogen and oxygen atoms in total. The molecule has 0 radical (unpaired) electrons. The summed E-state index contributed by atoms with van der Waals surface area (Å²) in [5.41, 5.74) is 12.6. The molecule has 7 aromatic rings. The van der Waals surface area contributed by atoms with E-state index in [1.165, 1.54) is 87.3 Å². The largest absolute Gasteiger partial charge is 0.310 e. The SMILES string of the molecule is c1ccc(N(c2ccc(-c3ccc4c(c3)C3(c5ccccc5-4)C4CC5CC(C4)CC3C5)cc2)c2ccc3c(ccc4ccccc43)c2)cc1. The first kappa shape index (κ1) is 27.8. The third-order valence-electron chi connectivity index (χ3n) is 13.0. The Morgan fingerprint density at radius 1 is 0.408 bits per heavy atom. The molecule has 1 heteroatoms. The molecule has 0 unspecified atom stereocenters. The molecule has 0 aromatic heterocycles. The van der Waals surface area contributed by atoms with E-state index in [0.29, 0.717) is 0 Å². The summed E-state index contributed by atoms with van der Waals surface area (Å²) in [6.45, 7) is 0. The van der Waals surface area contributed by atoms with Crippen molar-refractivity contribution in [2.75, 3.05) is 4.90 Å². The highest BCUT2D eigenvalue weighted by molar-refractivity contribution is 6.08. The zero-order chi connectivity index (χ0) is 32.1. The first-order chi connectivity index (χ1) is 24.2. The van der Waals surface area contributed by atoms with Crippen molar-refractivity contribution in [1.82, 2.24) is 0 Å². The normalized spacial score (nSPS) is 24.4. The van der Waals surface area contributed by atoms with Crippen LogP contribution in [0.15, 0.2) is 152 Å². The average Bonchev–Trinajstić information content (AvgIpc) is 3.44. The van der Waals surface area contributed by atoms with Crippen LogP contribution in [0.5, 0.6) is 0 Å². The second-order valence-corrected chi connectivity index (χ2v) is 15.4. The van der Waals surface area contributed by atoms with E-state index in [1.54, 1.807) is 11.1 Å². The fourth-order valence-electron chi connectivity index (χ4n) is 11.3. The lowest BCUT2D eigenvalue weighted by atomic mass is 9.43. The number of nitrogens with zero attached hydrogens (tertiary/aromatic N) is 1. The van der Waals surface area contributed by atoms with E-state index in [1.807, 2.05) is 0 Å². The van der Waals surface area contributed by atoms with Gasteiger partial charge in [-0.25, -0.2) is 0 Å². The standard InChI is InChI=1S/C48H39N/c1-2-9-39(10-3-1)49(41-21-23-43-36(29-41)15-14-34-8-4-5-11-42(34)43)40-19-16-33(17-20-40)35-18-22-45-44-12-6-7-13-46(44)48(47(45)30-35)37-25-31-24-32(27-37)28-38(48)26-31/h1-23,29-32,37-38H,24-28H2.